The molecule has 2 aromatic heterocycles. The summed E-state index contributed by atoms with van der Waals surface area (Å²) in [5.41, 5.74) is 11.5. The van der Waals surface area contributed by atoms with Crippen molar-refractivity contribution in [3.8, 4) is 12.1 Å². The molecule has 10 aromatic rings. The van der Waals surface area contributed by atoms with Gasteiger partial charge >= 0.3 is 0 Å². The molecule has 284 valence electrons. The standard InChI is InChI=1S/C54H36N4S2/c1-53(2)41-15-7-9-17-45(41)57(49-43(53)23-21-37-35-13-5-11-19-47(35)59-51(37)49)33-25-31(29-55)40-28-34(26-32(30-56)39(40)27-33)58-46-18-10-8-16-42(46)54(3,4)44-24-22-38-36-14-6-12-20-48(36)60-52(38)50(44)58/h5-28H,1-4H3. The Morgan fingerprint density at radius 3 is 1.25 bits per heavy atom. The molecule has 12 rings (SSSR count). The molecule has 0 unspecified atom stereocenters. The van der Waals surface area contributed by atoms with E-state index in [1.165, 1.54) is 62.6 Å². The third kappa shape index (κ3) is 4.58. The number of benzene rings is 8. The highest BCUT2D eigenvalue weighted by Gasteiger charge is 2.40. The molecule has 2 aliphatic heterocycles. The van der Waals surface area contributed by atoms with Crippen molar-refractivity contribution in [2.45, 2.75) is 38.5 Å². The van der Waals surface area contributed by atoms with E-state index in [-0.39, 0.29) is 10.8 Å². The Balaban J connectivity index is 1.13. The lowest BCUT2D eigenvalue weighted by atomic mass is 9.73. The number of nitrogens with zero attached hydrogens (tertiary/aromatic N) is 4. The summed E-state index contributed by atoms with van der Waals surface area (Å²) in [5.74, 6) is 0. The second-order valence-electron chi connectivity index (χ2n) is 17.1. The minimum Gasteiger partial charge on any atom is -0.308 e. The molecule has 0 saturated heterocycles. The molecule has 0 N–H and O–H groups in total. The summed E-state index contributed by atoms with van der Waals surface area (Å²) in [5, 5.41) is 28.7. The first-order valence-corrected chi connectivity index (χ1v) is 21.9. The SMILES string of the molecule is CC1(C)c2ccccc2N(c2cc(C#N)c3cc(N4c5ccccc5C(C)(C)c5ccc6c(sc7ccccc76)c54)cc(C#N)c3c2)c2c1ccc1c2sc2ccccc21. The molecular weight excluding hydrogens is 769 g/mol. The zero-order chi connectivity index (χ0) is 40.7. The first-order valence-electron chi connectivity index (χ1n) is 20.3. The molecule has 4 heterocycles. The van der Waals surface area contributed by atoms with Gasteiger partial charge in [-0.25, -0.2) is 0 Å². The van der Waals surface area contributed by atoms with Crippen LogP contribution in [-0.2, 0) is 10.8 Å². The van der Waals surface area contributed by atoms with Crippen LogP contribution in [-0.4, -0.2) is 0 Å². The number of rotatable bonds is 2. The smallest absolute Gasteiger partial charge is 0.0998 e. The largest absolute Gasteiger partial charge is 0.308 e. The third-order valence-electron chi connectivity index (χ3n) is 13.3. The van der Waals surface area contributed by atoms with Crippen LogP contribution in [0.3, 0.4) is 0 Å². The molecule has 0 amide bonds. The molecule has 0 radical (unpaired) electrons. The van der Waals surface area contributed by atoms with Crippen LogP contribution in [0, 0.1) is 22.7 Å². The number of nitriles is 2. The van der Waals surface area contributed by atoms with E-state index in [1.807, 2.05) is 34.8 Å². The van der Waals surface area contributed by atoms with E-state index < -0.39 is 0 Å². The Morgan fingerprint density at radius 2 is 0.817 bits per heavy atom. The van der Waals surface area contributed by atoms with Gasteiger partial charge in [-0.15, -0.1) is 22.7 Å². The van der Waals surface area contributed by atoms with Gasteiger partial charge < -0.3 is 9.80 Å². The van der Waals surface area contributed by atoms with Gasteiger partial charge in [0, 0.05) is 63.9 Å². The summed E-state index contributed by atoms with van der Waals surface area (Å²) in [6.07, 6.45) is 0. The molecule has 0 spiro atoms. The fourth-order valence-corrected chi connectivity index (χ4v) is 12.8. The molecule has 4 nitrogen and oxygen atoms in total. The van der Waals surface area contributed by atoms with E-state index >= 15 is 0 Å². The maximum Gasteiger partial charge on any atom is 0.0998 e. The van der Waals surface area contributed by atoms with Crippen molar-refractivity contribution in [2.24, 2.45) is 0 Å². The monoisotopic (exact) mass is 804 g/mol. The van der Waals surface area contributed by atoms with E-state index in [2.05, 4.69) is 183 Å². The predicted molar refractivity (Wildman–Crippen MR) is 253 cm³/mol. The number of anilines is 6. The quantitative estimate of drug-likeness (QED) is 0.175. The van der Waals surface area contributed by atoms with Gasteiger partial charge in [0.05, 0.1) is 55.4 Å². The highest BCUT2D eigenvalue weighted by atomic mass is 32.1. The highest BCUT2D eigenvalue weighted by molar-refractivity contribution is 7.26. The number of thiophene rings is 2. The van der Waals surface area contributed by atoms with Gasteiger partial charge in [0.2, 0.25) is 0 Å². The van der Waals surface area contributed by atoms with E-state index in [0.29, 0.717) is 11.1 Å². The van der Waals surface area contributed by atoms with Crippen molar-refractivity contribution < 1.29 is 0 Å². The normalized spacial score (nSPS) is 14.8. The van der Waals surface area contributed by atoms with Crippen molar-refractivity contribution in [3.05, 3.63) is 179 Å². The molecule has 0 atom stereocenters. The van der Waals surface area contributed by atoms with Crippen LogP contribution in [0.4, 0.5) is 34.1 Å². The maximum atomic E-state index is 11.1. The van der Waals surface area contributed by atoms with Crippen molar-refractivity contribution in [3.63, 3.8) is 0 Å². The molecule has 60 heavy (non-hydrogen) atoms. The first-order chi connectivity index (χ1) is 29.2. The topological polar surface area (TPSA) is 54.1 Å². The highest BCUT2D eigenvalue weighted by Crippen LogP contribution is 2.59. The molecule has 2 aliphatic rings. The second-order valence-corrected chi connectivity index (χ2v) is 19.2. The third-order valence-corrected chi connectivity index (χ3v) is 15.7. The van der Waals surface area contributed by atoms with E-state index in [1.54, 1.807) is 0 Å². The maximum absolute atomic E-state index is 11.1. The summed E-state index contributed by atoms with van der Waals surface area (Å²) in [6.45, 7) is 9.23. The van der Waals surface area contributed by atoms with Crippen LogP contribution in [0.5, 0.6) is 0 Å². The van der Waals surface area contributed by atoms with Gasteiger partial charge in [-0.1, -0.05) is 125 Å². The van der Waals surface area contributed by atoms with Crippen LogP contribution in [0.15, 0.2) is 146 Å². The van der Waals surface area contributed by atoms with E-state index in [4.69, 9.17) is 0 Å². The molecule has 0 saturated carbocycles. The van der Waals surface area contributed by atoms with Crippen LogP contribution >= 0.6 is 22.7 Å². The van der Waals surface area contributed by atoms with Gasteiger partial charge in [-0.05, 0) is 70.8 Å². The summed E-state index contributed by atoms with van der Waals surface area (Å²) in [4.78, 5) is 4.70. The number of hydrogen-bond acceptors (Lipinski definition) is 6. The van der Waals surface area contributed by atoms with E-state index in [9.17, 15) is 10.5 Å². The number of hydrogen-bond donors (Lipinski definition) is 0. The Bertz CT molecular complexity index is 3370. The lowest BCUT2D eigenvalue weighted by molar-refractivity contribution is 0.633. The lowest BCUT2D eigenvalue weighted by Gasteiger charge is -2.42. The summed E-state index contributed by atoms with van der Waals surface area (Å²) in [6, 6.07) is 57.2. The van der Waals surface area contributed by atoms with Crippen molar-refractivity contribution >= 4 is 108 Å². The van der Waals surface area contributed by atoms with Gasteiger partial charge in [-0.2, -0.15) is 10.5 Å². The molecular formula is C54H36N4S2. The van der Waals surface area contributed by atoms with Crippen molar-refractivity contribution in [1.29, 1.82) is 10.5 Å². The number of fused-ring (bicyclic) bond motifs is 13. The van der Waals surface area contributed by atoms with Gasteiger partial charge in [-0.3, -0.25) is 0 Å². The average molecular weight is 805 g/mol. The van der Waals surface area contributed by atoms with Crippen LogP contribution in [0.1, 0.15) is 61.1 Å². The average Bonchev–Trinajstić information content (AvgIpc) is 3.85. The van der Waals surface area contributed by atoms with Crippen LogP contribution in [0.25, 0.3) is 51.1 Å². The molecule has 0 bridgehead atoms. The van der Waals surface area contributed by atoms with Crippen LogP contribution in [0.2, 0.25) is 0 Å². The van der Waals surface area contributed by atoms with Gasteiger partial charge in [0.15, 0.2) is 0 Å². The lowest BCUT2D eigenvalue weighted by Crippen LogP contribution is -2.30. The Labute approximate surface area is 356 Å². The zero-order valence-electron chi connectivity index (χ0n) is 33.5. The molecule has 0 fully saturated rings. The summed E-state index contributed by atoms with van der Waals surface area (Å²) < 4.78 is 4.91. The molecule has 6 heteroatoms. The fraction of sp³-hybridized carbons (Fsp3) is 0.111. The van der Waals surface area contributed by atoms with Crippen molar-refractivity contribution in [2.75, 3.05) is 9.80 Å². The van der Waals surface area contributed by atoms with Crippen LogP contribution < -0.4 is 9.80 Å². The summed E-state index contributed by atoms with van der Waals surface area (Å²) in [7, 11) is 0. The summed E-state index contributed by atoms with van der Waals surface area (Å²) >= 11 is 3.63. The Hall–Kier alpha value is -6.96. The Morgan fingerprint density at radius 1 is 0.417 bits per heavy atom. The molecule has 0 aliphatic carbocycles. The minimum absolute atomic E-state index is 0.274. The Kier molecular flexibility index (Phi) is 7.17. The van der Waals surface area contributed by atoms with Gasteiger partial charge in [0.1, 0.15) is 0 Å². The van der Waals surface area contributed by atoms with Gasteiger partial charge in [0.25, 0.3) is 0 Å². The predicted octanol–water partition coefficient (Wildman–Crippen LogP) is 15.5. The zero-order valence-corrected chi connectivity index (χ0v) is 35.1. The minimum atomic E-state index is -0.274. The second kappa shape index (κ2) is 12.3. The molecule has 8 aromatic carbocycles. The van der Waals surface area contributed by atoms with E-state index in [0.717, 1.165) is 44.9 Å². The fourth-order valence-electron chi connectivity index (χ4n) is 10.3. The van der Waals surface area contributed by atoms with Crippen molar-refractivity contribution in [1.82, 2.24) is 0 Å². The number of para-hydroxylation sites is 2. The first kappa shape index (κ1) is 35.0.